The number of hydrogen-bond acceptors (Lipinski definition) is 9. The van der Waals surface area contributed by atoms with Crippen LogP contribution in [0.4, 0.5) is 23.3 Å². The van der Waals surface area contributed by atoms with Crippen molar-refractivity contribution < 1.29 is 0 Å². The van der Waals surface area contributed by atoms with E-state index < -0.39 is 0 Å². The van der Waals surface area contributed by atoms with Gasteiger partial charge in [-0.15, -0.1) is 0 Å². The lowest BCUT2D eigenvalue weighted by Gasteiger charge is -2.32. The summed E-state index contributed by atoms with van der Waals surface area (Å²) in [4.78, 5) is 22.6. The van der Waals surface area contributed by atoms with E-state index >= 15 is 0 Å². The summed E-state index contributed by atoms with van der Waals surface area (Å²) in [5.74, 6) is 2.20. The van der Waals surface area contributed by atoms with Gasteiger partial charge < -0.3 is 20.4 Å². The van der Waals surface area contributed by atoms with Crippen molar-refractivity contribution in [3.63, 3.8) is 0 Å². The monoisotopic (exact) mass is 441 g/mol. The maximum Gasteiger partial charge on any atom is 0.227 e. The molecule has 5 heterocycles. The molecule has 2 aliphatic rings. The Morgan fingerprint density at radius 1 is 1.06 bits per heavy atom. The maximum atomic E-state index is 9.65. The summed E-state index contributed by atoms with van der Waals surface area (Å²) in [5.41, 5.74) is 2.90. The third-order valence-corrected chi connectivity index (χ3v) is 6.04. The van der Waals surface area contributed by atoms with Crippen LogP contribution in [0.3, 0.4) is 0 Å². The zero-order chi connectivity index (χ0) is 22.6. The molecule has 168 valence electrons. The number of piperazine rings is 1. The number of pyridine rings is 2. The summed E-state index contributed by atoms with van der Waals surface area (Å²) in [6.07, 6.45) is 7.57. The van der Waals surface area contributed by atoms with Crippen molar-refractivity contribution in [1.82, 2.24) is 25.3 Å². The lowest BCUT2D eigenvalue weighted by molar-refractivity contribution is 0.482. The average Bonchev–Trinajstić information content (AvgIpc) is 3.39. The summed E-state index contributed by atoms with van der Waals surface area (Å²) < 4.78 is 0. The van der Waals surface area contributed by atoms with E-state index in [1.807, 2.05) is 24.3 Å². The van der Waals surface area contributed by atoms with Crippen molar-refractivity contribution >= 4 is 23.3 Å². The van der Waals surface area contributed by atoms with Crippen molar-refractivity contribution in [1.29, 1.82) is 5.26 Å². The molecule has 0 spiro atoms. The summed E-state index contributed by atoms with van der Waals surface area (Å²) in [5, 5.41) is 16.3. The van der Waals surface area contributed by atoms with Gasteiger partial charge in [-0.3, -0.25) is 0 Å². The van der Waals surface area contributed by atoms with E-state index in [9.17, 15) is 5.26 Å². The minimum absolute atomic E-state index is 0.454. The van der Waals surface area contributed by atoms with Gasteiger partial charge in [0.1, 0.15) is 17.7 Å². The highest BCUT2D eigenvalue weighted by Crippen LogP contribution is 2.27. The second-order valence-electron chi connectivity index (χ2n) is 8.50. The van der Waals surface area contributed by atoms with Crippen LogP contribution in [0.5, 0.6) is 0 Å². The minimum atomic E-state index is 0.454. The molecule has 0 radical (unpaired) electrons. The molecule has 0 saturated carbocycles. The van der Waals surface area contributed by atoms with E-state index in [0.29, 0.717) is 23.2 Å². The summed E-state index contributed by atoms with van der Waals surface area (Å²) in [6, 6.07) is 10.4. The number of rotatable bonds is 5. The molecule has 0 amide bonds. The number of nitriles is 1. The number of anilines is 4. The molecule has 33 heavy (non-hydrogen) atoms. The Morgan fingerprint density at radius 2 is 1.94 bits per heavy atom. The smallest absolute Gasteiger partial charge is 0.227 e. The molecule has 0 aliphatic carbocycles. The van der Waals surface area contributed by atoms with Gasteiger partial charge in [-0.1, -0.05) is 0 Å². The van der Waals surface area contributed by atoms with E-state index in [1.165, 1.54) is 0 Å². The fraction of sp³-hybridized carbons (Fsp3) is 0.375. The van der Waals surface area contributed by atoms with Crippen molar-refractivity contribution in [3.8, 4) is 17.3 Å². The van der Waals surface area contributed by atoms with Crippen molar-refractivity contribution in [2.75, 3.05) is 47.8 Å². The topological polar surface area (TPSA) is 106 Å². The van der Waals surface area contributed by atoms with Crippen LogP contribution >= 0.6 is 0 Å². The predicted octanol–water partition coefficient (Wildman–Crippen LogP) is 2.95. The zero-order valence-corrected chi connectivity index (χ0v) is 18.7. The first-order valence-electron chi connectivity index (χ1n) is 11.4. The Balaban J connectivity index is 1.32. The highest BCUT2D eigenvalue weighted by molar-refractivity contribution is 5.67. The lowest BCUT2D eigenvalue weighted by Crippen LogP contribution is -2.49. The van der Waals surface area contributed by atoms with Gasteiger partial charge in [0, 0.05) is 56.7 Å². The Bertz CT molecular complexity index is 1150. The molecule has 1 unspecified atom stereocenters. The summed E-state index contributed by atoms with van der Waals surface area (Å²) in [6.45, 7) is 6.93. The highest BCUT2D eigenvalue weighted by Gasteiger charge is 2.19. The number of nitrogens with zero attached hydrogens (tertiary/aromatic N) is 7. The predicted molar refractivity (Wildman–Crippen MR) is 129 cm³/mol. The molecule has 0 aromatic carbocycles. The minimum Gasteiger partial charge on any atom is -0.356 e. The average molecular weight is 442 g/mol. The summed E-state index contributed by atoms with van der Waals surface area (Å²) in [7, 11) is 0. The first-order valence-corrected chi connectivity index (χ1v) is 11.4. The van der Waals surface area contributed by atoms with Crippen molar-refractivity contribution in [2.24, 2.45) is 0 Å². The molecule has 5 rings (SSSR count). The van der Waals surface area contributed by atoms with Crippen molar-refractivity contribution in [2.45, 2.75) is 25.8 Å². The van der Waals surface area contributed by atoms with Crippen LogP contribution in [0.2, 0.25) is 0 Å². The standard InChI is InChI=1S/C24H27N9/c1-17-16-33(11-8-26-17)22-5-4-20(15-28-22)30-24-27-7-6-21(31-24)19-12-18(13-25)23(29-14-19)32-9-2-3-10-32/h4-7,12,14-15,17,26H,2-3,8-11,16H2,1H3,(H,27,30,31). The van der Waals surface area contributed by atoms with Gasteiger partial charge in [-0.25, -0.2) is 19.9 Å². The number of nitrogens with one attached hydrogen (secondary N) is 2. The SMILES string of the molecule is CC1CN(c2ccc(Nc3nccc(-c4cnc(N5CCCC5)c(C#N)c4)n3)cn2)CCN1. The lowest BCUT2D eigenvalue weighted by atomic mass is 10.1. The highest BCUT2D eigenvalue weighted by atomic mass is 15.2. The normalized spacial score (nSPS) is 18.2. The van der Waals surface area contributed by atoms with E-state index in [-0.39, 0.29) is 0 Å². The Kier molecular flexibility index (Phi) is 6.00. The van der Waals surface area contributed by atoms with Crippen LogP contribution in [0.15, 0.2) is 42.9 Å². The number of aromatic nitrogens is 4. The van der Waals surface area contributed by atoms with Crippen molar-refractivity contribution in [3.05, 3.63) is 48.4 Å². The van der Waals surface area contributed by atoms with Gasteiger partial charge in [0.2, 0.25) is 5.95 Å². The molecule has 3 aromatic rings. The molecule has 9 nitrogen and oxygen atoms in total. The number of hydrogen-bond donors (Lipinski definition) is 2. The molecule has 2 fully saturated rings. The van der Waals surface area contributed by atoms with Crippen LogP contribution < -0.4 is 20.4 Å². The Morgan fingerprint density at radius 3 is 2.70 bits per heavy atom. The van der Waals surface area contributed by atoms with Crippen LogP contribution in [0, 0.1) is 11.3 Å². The second-order valence-corrected chi connectivity index (χ2v) is 8.50. The van der Waals surface area contributed by atoms with Crippen LogP contribution in [0.1, 0.15) is 25.3 Å². The molecule has 2 aliphatic heterocycles. The van der Waals surface area contributed by atoms with Crippen LogP contribution in [0.25, 0.3) is 11.3 Å². The zero-order valence-electron chi connectivity index (χ0n) is 18.7. The molecule has 2 N–H and O–H groups in total. The first kappa shape index (κ1) is 21.1. The molecular weight excluding hydrogens is 414 g/mol. The van der Waals surface area contributed by atoms with Crippen LogP contribution in [-0.2, 0) is 0 Å². The maximum absolute atomic E-state index is 9.65. The van der Waals surface area contributed by atoms with E-state index in [0.717, 1.165) is 68.5 Å². The van der Waals surface area contributed by atoms with E-state index in [4.69, 9.17) is 0 Å². The van der Waals surface area contributed by atoms with Gasteiger partial charge in [0.25, 0.3) is 0 Å². The van der Waals surface area contributed by atoms with Gasteiger partial charge in [-0.05, 0) is 44.0 Å². The molecule has 1 atom stereocenters. The van der Waals surface area contributed by atoms with Gasteiger partial charge >= 0.3 is 0 Å². The molecule has 3 aromatic heterocycles. The van der Waals surface area contributed by atoms with E-state index in [2.05, 4.69) is 53.4 Å². The molecular formula is C24H27N9. The van der Waals surface area contributed by atoms with Crippen LogP contribution in [-0.4, -0.2) is 58.7 Å². The first-order chi connectivity index (χ1) is 16.2. The molecule has 9 heteroatoms. The Hall–Kier alpha value is -3.77. The fourth-order valence-electron chi connectivity index (χ4n) is 4.36. The van der Waals surface area contributed by atoms with Gasteiger partial charge in [0.05, 0.1) is 23.1 Å². The molecule has 0 bridgehead atoms. The fourth-order valence-corrected chi connectivity index (χ4v) is 4.36. The second kappa shape index (κ2) is 9.38. The molecule has 2 saturated heterocycles. The quantitative estimate of drug-likeness (QED) is 0.618. The third-order valence-electron chi connectivity index (χ3n) is 6.04. The van der Waals surface area contributed by atoms with Gasteiger partial charge in [0.15, 0.2) is 0 Å². The Labute approximate surface area is 193 Å². The largest absolute Gasteiger partial charge is 0.356 e. The van der Waals surface area contributed by atoms with E-state index in [1.54, 1.807) is 18.6 Å². The summed E-state index contributed by atoms with van der Waals surface area (Å²) >= 11 is 0. The third kappa shape index (κ3) is 4.71. The van der Waals surface area contributed by atoms with Gasteiger partial charge in [-0.2, -0.15) is 5.26 Å².